The molecule has 0 saturated heterocycles. The van der Waals surface area contributed by atoms with Gasteiger partial charge in [0.05, 0.1) is 102 Å². The smallest absolute Gasteiger partial charge is 0.123 e. The van der Waals surface area contributed by atoms with Crippen molar-refractivity contribution in [2.75, 3.05) is 59.5 Å². The van der Waals surface area contributed by atoms with E-state index in [0.717, 1.165) is 265 Å². The van der Waals surface area contributed by atoms with Gasteiger partial charge in [0.15, 0.2) is 0 Å². The van der Waals surface area contributed by atoms with Crippen molar-refractivity contribution in [3.63, 3.8) is 0 Å². The summed E-state index contributed by atoms with van der Waals surface area (Å²) >= 11 is 0. The molecule has 7 atom stereocenters. The zero-order valence-corrected chi connectivity index (χ0v) is 96.4. The van der Waals surface area contributed by atoms with Crippen molar-refractivity contribution >= 4 is 0 Å². The Morgan fingerprint density at radius 2 is 0.497 bits per heavy atom. The summed E-state index contributed by atoms with van der Waals surface area (Å²) in [5.41, 5.74) is 5.55. The first-order valence-corrected chi connectivity index (χ1v) is 58.4. The van der Waals surface area contributed by atoms with Crippen LogP contribution in [0.15, 0.2) is 194 Å². The maximum atomic E-state index is 9.96. The first kappa shape index (κ1) is 133. The number of benzene rings is 8. The van der Waals surface area contributed by atoms with E-state index < -0.39 is 0 Å². The van der Waals surface area contributed by atoms with Crippen LogP contribution in [0.25, 0.3) is 0 Å². The Bertz CT molecular complexity index is 4160. The van der Waals surface area contributed by atoms with E-state index in [1.807, 2.05) is 198 Å². The molecular formula is C131H210O16. The summed E-state index contributed by atoms with van der Waals surface area (Å²) in [4.78, 5) is 0. The minimum Gasteiger partial charge on any atom is -0.493 e. The quantitative estimate of drug-likeness (QED) is 0.0241. The van der Waals surface area contributed by atoms with Crippen LogP contribution in [0.4, 0.5) is 0 Å². The molecule has 5 N–H and O–H groups in total. The lowest BCUT2D eigenvalue weighted by Crippen LogP contribution is -2.15. The third-order valence-corrected chi connectivity index (χ3v) is 27.7. The van der Waals surface area contributed by atoms with Crippen LogP contribution in [-0.4, -0.2) is 122 Å². The molecule has 0 amide bonds. The van der Waals surface area contributed by atoms with E-state index in [4.69, 9.17) is 52.1 Å². The summed E-state index contributed by atoms with van der Waals surface area (Å²) < 4.78 is 64.0. The van der Waals surface area contributed by atoms with Gasteiger partial charge in [0.2, 0.25) is 0 Å². The molecule has 10 rings (SSSR count). The molecule has 2 aliphatic rings. The van der Waals surface area contributed by atoms with Gasteiger partial charge in [0.1, 0.15) is 63.2 Å². The number of rotatable bonds is 63. The fourth-order valence-electron chi connectivity index (χ4n) is 17.0. The largest absolute Gasteiger partial charge is 0.493 e. The van der Waals surface area contributed by atoms with Gasteiger partial charge in [-0.15, -0.1) is 0 Å². The van der Waals surface area contributed by atoms with Gasteiger partial charge in [0.25, 0.3) is 0 Å². The lowest BCUT2D eigenvalue weighted by atomic mass is 9.90. The van der Waals surface area contributed by atoms with Crippen LogP contribution in [0.2, 0.25) is 0 Å². The maximum Gasteiger partial charge on any atom is 0.123 e. The molecule has 8 aromatic rings. The average molecular weight is 2040 g/mol. The van der Waals surface area contributed by atoms with Crippen molar-refractivity contribution < 1.29 is 77.6 Å². The topological polar surface area (TPSA) is 203 Å². The van der Waals surface area contributed by atoms with Gasteiger partial charge in [0, 0.05) is 18.2 Å². The second kappa shape index (κ2) is 85.0. The molecular weight excluding hydrogens is 1830 g/mol. The van der Waals surface area contributed by atoms with Crippen molar-refractivity contribution in [2.45, 2.75) is 433 Å². The van der Waals surface area contributed by atoms with Crippen molar-refractivity contribution in [1.82, 2.24) is 0 Å². The summed E-state index contributed by atoms with van der Waals surface area (Å²) in [5.74, 6) is 15.4. The van der Waals surface area contributed by atoms with Crippen LogP contribution in [0.1, 0.15) is 398 Å². The molecule has 8 aromatic carbocycles. The first-order chi connectivity index (χ1) is 71.2. The van der Waals surface area contributed by atoms with Gasteiger partial charge >= 0.3 is 0 Å². The van der Waals surface area contributed by atoms with E-state index in [1.165, 1.54) is 109 Å². The van der Waals surface area contributed by atoms with Crippen molar-refractivity contribution in [2.24, 2.45) is 47.3 Å². The van der Waals surface area contributed by atoms with Crippen molar-refractivity contribution in [1.29, 1.82) is 0 Å². The van der Waals surface area contributed by atoms with Crippen molar-refractivity contribution in [3.05, 3.63) is 222 Å². The molecule has 2 aliphatic carbocycles. The molecule has 2 saturated carbocycles. The summed E-state index contributed by atoms with van der Waals surface area (Å²) in [7, 11) is 0. The van der Waals surface area contributed by atoms with E-state index >= 15 is 0 Å². The van der Waals surface area contributed by atoms with E-state index in [2.05, 4.69) is 149 Å². The number of hydrogen-bond acceptors (Lipinski definition) is 16. The summed E-state index contributed by atoms with van der Waals surface area (Å²) in [6, 6.07) is 64.2. The minimum atomic E-state index is -0.369. The van der Waals surface area contributed by atoms with Crippen LogP contribution in [0, 0.1) is 47.3 Å². The Labute approximate surface area is 896 Å². The lowest BCUT2D eigenvalue weighted by Gasteiger charge is -2.22. The predicted molar refractivity (Wildman–Crippen MR) is 619 cm³/mol. The summed E-state index contributed by atoms with van der Waals surface area (Å²) in [5, 5.41) is 48.7. The summed E-state index contributed by atoms with van der Waals surface area (Å²) in [6.07, 6.45) is 40.0. The number of ether oxygens (including phenoxy) is 11. The van der Waals surface area contributed by atoms with Gasteiger partial charge in [-0.25, -0.2) is 0 Å². The molecule has 0 spiro atoms. The predicted octanol–water partition coefficient (Wildman–Crippen LogP) is 34.3. The highest BCUT2D eigenvalue weighted by Crippen LogP contribution is 2.33. The zero-order chi connectivity index (χ0) is 108. The fourth-order valence-corrected chi connectivity index (χ4v) is 17.0. The van der Waals surface area contributed by atoms with E-state index in [0.29, 0.717) is 61.2 Å². The molecule has 830 valence electrons. The monoisotopic (exact) mass is 2040 g/mol. The molecule has 2 fully saturated rings. The zero-order valence-electron chi connectivity index (χ0n) is 96.4. The van der Waals surface area contributed by atoms with Crippen LogP contribution >= 0.6 is 0 Å². The SMILES string of the molecule is CCC(CC)COc1cccc(C[C@@H](O)CC)c1.CCC(CC)COc1cccc(C[C@H](O)CC)c1.CCCC(CCC)COc1cccc(C[C@@H](O)CC)c1.CCCC(CCC)COc1cccc(C[C@H](O)CC)c1.CCCC(O)c1cccc(OCC(CC)CC)c1.CCCOc1cccc(OCCC(C)C)c1.CC[C@H](C)Oc1cccc(OCC2CCCC2)c1.CC[C@H](C)Oc1cccc(OCC2CCCCC2)c1. The molecule has 16 nitrogen and oxygen atoms in total. The highest BCUT2D eigenvalue weighted by Gasteiger charge is 2.20. The molecule has 0 aromatic heterocycles. The Kier molecular flexibility index (Phi) is 76.6. The molecule has 147 heavy (non-hydrogen) atoms. The number of hydrogen-bond donors (Lipinski definition) is 5. The molecule has 0 bridgehead atoms. The average Bonchev–Trinajstić information content (AvgIpc) is 1.82. The molecule has 16 heteroatoms. The Balaban J connectivity index is 0.000000432. The second-order valence-corrected chi connectivity index (χ2v) is 41.3. The van der Waals surface area contributed by atoms with Crippen LogP contribution in [0.3, 0.4) is 0 Å². The van der Waals surface area contributed by atoms with Crippen LogP contribution < -0.4 is 52.1 Å². The standard InChI is InChI=1S/2C18H30O2.C17H26O2.C16H24O2.3C16H26O2.C14H22O2/c2*1-4-8-15(9-5-2)14-20-18-11-7-10-16(13-18)12-17(19)6-3;1-3-14(2)19-17-11-7-10-16(12-17)18-13-15-8-5-4-6-9-15;1-3-13(2)18-16-10-6-9-15(11-16)17-12-14-7-4-5-8-14;2*1-4-13(5-2)12-18-16-9-7-8-14(11-16)10-15(17)6-3;1-4-8-16(17)14-9-7-10-15(11-14)18-12-13(5-2)6-3;1-4-9-15-13-6-5-7-14(11-13)16-10-8-12(2)3/h2*7,10-11,13,15,17,19H,4-6,8-9,12,14H2,1-3H3;7,10-12,14-15H,3-6,8-9,13H2,1-2H3;6,9-11,13-14H,3-5,7-8,12H2,1-2H3;2*7-9,11,13,15,17H,4-6,10,12H2,1-3H3;7,9-11,13,16-17H,4-6,8,12H2,1-3H3;5-7,11-12H,4,8-10H2,1-3H3/t2*17-;14-;13-;2*15-;;/m100010../s1. The third-order valence-electron chi connectivity index (χ3n) is 27.7. The normalized spacial score (nSPS) is 13.7. The van der Waals surface area contributed by atoms with Gasteiger partial charge in [-0.05, 0) is 321 Å². The van der Waals surface area contributed by atoms with Crippen LogP contribution in [0.5, 0.6) is 63.2 Å². The van der Waals surface area contributed by atoms with Crippen molar-refractivity contribution in [3.8, 4) is 63.2 Å². The van der Waals surface area contributed by atoms with E-state index in [9.17, 15) is 25.5 Å². The van der Waals surface area contributed by atoms with Gasteiger partial charge in [-0.2, -0.15) is 0 Å². The van der Waals surface area contributed by atoms with Gasteiger partial charge in [-0.1, -0.05) is 320 Å². The second-order valence-electron chi connectivity index (χ2n) is 41.3. The highest BCUT2D eigenvalue weighted by molar-refractivity contribution is 5.37. The number of aliphatic hydroxyl groups is 5. The van der Waals surface area contributed by atoms with Gasteiger partial charge < -0.3 is 77.6 Å². The third kappa shape index (κ3) is 64.0. The van der Waals surface area contributed by atoms with E-state index in [1.54, 1.807) is 0 Å². The molecule has 0 aliphatic heterocycles. The van der Waals surface area contributed by atoms with E-state index in [-0.39, 0.29) is 42.7 Å². The summed E-state index contributed by atoms with van der Waals surface area (Å²) in [6.45, 7) is 54.3. The fraction of sp³-hybridized carbons (Fsp3) is 0.634. The molecule has 0 radical (unpaired) electrons. The Hall–Kier alpha value is -8.64. The number of aliphatic hydroxyl groups excluding tert-OH is 5. The maximum absolute atomic E-state index is 9.96. The minimum absolute atomic E-state index is 0.251. The van der Waals surface area contributed by atoms with Gasteiger partial charge in [-0.3, -0.25) is 0 Å². The Morgan fingerprint density at radius 1 is 0.238 bits per heavy atom. The molecule has 0 heterocycles. The highest BCUT2D eigenvalue weighted by atomic mass is 16.5. The lowest BCUT2D eigenvalue weighted by molar-refractivity contribution is 0.165. The van der Waals surface area contributed by atoms with Crippen LogP contribution in [-0.2, 0) is 25.7 Å². The Morgan fingerprint density at radius 3 is 0.782 bits per heavy atom. The molecule has 1 unspecified atom stereocenters. The first-order valence-electron chi connectivity index (χ1n) is 58.4.